The number of unbranched alkanes of at least 4 members (excludes halogenated alkanes) is 35. The quantitative estimate of drug-likeness (QED) is 0.0273. The second kappa shape index (κ2) is 51.3. The SMILES string of the molecule is CCCCCCCCCCCCCCCCCC#CCCCc1ccccc1/N=C(CCCC)\C(CCCCC)=N\c1ccccc1CCCC#CCCCCCCCCCCCCCCCCC.[Ni]. The van der Waals surface area contributed by atoms with Gasteiger partial charge in [-0.05, 0) is 87.5 Å². The third kappa shape index (κ3) is 38.1. The minimum Gasteiger partial charge on any atom is -0.251 e. The van der Waals surface area contributed by atoms with Gasteiger partial charge in [0.05, 0.1) is 22.8 Å². The van der Waals surface area contributed by atoms with Crippen LogP contribution in [-0.4, -0.2) is 11.4 Å². The normalized spacial score (nSPS) is 11.5. The molecule has 0 heterocycles. The van der Waals surface area contributed by atoms with Crippen molar-refractivity contribution in [1.29, 1.82) is 0 Å². The first-order valence-electron chi connectivity index (χ1n) is 30.5. The van der Waals surface area contributed by atoms with E-state index in [4.69, 9.17) is 9.98 Å². The van der Waals surface area contributed by atoms with Crippen LogP contribution in [0.15, 0.2) is 58.5 Å². The van der Waals surface area contributed by atoms with E-state index in [1.54, 1.807) is 0 Å². The summed E-state index contributed by atoms with van der Waals surface area (Å²) < 4.78 is 0. The third-order valence-electron chi connectivity index (χ3n) is 14.2. The topological polar surface area (TPSA) is 24.7 Å². The van der Waals surface area contributed by atoms with E-state index in [2.05, 4.69) is 99.9 Å². The molecule has 0 fully saturated rings. The van der Waals surface area contributed by atoms with Crippen molar-refractivity contribution >= 4 is 22.8 Å². The zero-order valence-electron chi connectivity index (χ0n) is 46.6. The van der Waals surface area contributed by atoms with Crippen LogP contribution in [-0.2, 0) is 29.3 Å². The van der Waals surface area contributed by atoms with E-state index in [1.165, 1.54) is 228 Å². The van der Waals surface area contributed by atoms with Crippen molar-refractivity contribution in [2.45, 2.75) is 317 Å². The molecule has 0 N–H and O–H groups in total. The average molecular weight is 1000 g/mol. The minimum atomic E-state index is 0. The van der Waals surface area contributed by atoms with E-state index in [1.807, 2.05) is 0 Å². The first-order valence-corrected chi connectivity index (χ1v) is 30.5. The Morgan fingerprint density at radius 1 is 0.300 bits per heavy atom. The van der Waals surface area contributed by atoms with Crippen LogP contribution in [0.4, 0.5) is 11.4 Å². The Hall–Kier alpha value is -2.61. The van der Waals surface area contributed by atoms with E-state index < -0.39 is 0 Å². The predicted molar refractivity (Wildman–Crippen MR) is 311 cm³/mol. The summed E-state index contributed by atoms with van der Waals surface area (Å²) in [5.41, 5.74) is 7.29. The molecule has 3 heteroatoms. The van der Waals surface area contributed by atoms with Crippen LogP contribution < -0.4 is 0 Å². The van der Waals surface area contributed by atoms with Crippen LogP contribution in [0.1, 0.15) is 315 Å². The summed E-state index contributed by atoms with van der Waals surface area (Å²) in [7, 11) is 0. The fraction of sp³-hybridized carbons (Fsp3) is 0.731. The van der Waals surface area contributed by atoms with Gasteiger partial charge in [-0.2, -0.15) is 0 Å². The smallest absolute Gasteiger partial charge is 0.0665 e. The molecule has 0 aliphatic rings. The van der Waals surface area contributed by atoms with Crippen LogP contribution in [0.2, 0.25) is 0 Å². The average Bonchev–Trinajstić information content (AvgIpc) is 3.37. The summed E-state index contributed by atoms with van der Waals surface area (Å²) in [6.07, 6.45) is 58.3. The molecule has 0 amide bonds. The van der Waals surface area contributed by atoms with Gasteiger partial charge in [-0.25, -0.2) is 0 Å². The summed E-state index contributed by atoms with van der Waals surface area (Å²) in [6.45, 7) is 9.19. The molecule has 0 aromatic heterocycles. The van der Waals surface area contributed by atoms with Crippen LogP contribution in [0.3, 0.4) is 0 Å². The van der Waals surface area contributed by atoms with Crippen molar-refractivity contribution < 1.29 is 16.5 Å². The molecule has 2 nitrogen and oxygen atoms in total. The second-order valence-corrected chi connectivity index (χ2v) is 20.7. The number of rotatable bonds is 46. The molecule has 0 saturated carbocycles. The standard InChI is InChI=1S/C67H110N2.Ni/c1-5-9-13-15-17-19-21-23-25-27-29-31-33-35-37-39-41-43-45-48-54-62-56-50-52-59-64(62)68-66(58-12-8-4)67(61-47-11-7-3)69-65-60-53-51-57-63(65)55-49-46-44-42-40-38-36-34-32-30-28-26-24-22-20-18-16-14-10-6-2;/h50-53,56-57,59-60H,5-40,45-49,54-55,58,61H2,1-4H3;/b68-66-,69-67+;. The molecular weight excluding hydrogens is 891 g/mol. The van der Waals surface area contributed by atoms with Crippen molar-refractivity contribution in [3.05, 3.63) is 59.7 Å². The summed E-state index contributed by atoms with van der Waals surface area (Å²) >= 11 is 0. The maximum atomic E-state index is 5.50. The Labute approximate surface area is 446 Å². The van der Waals surface area contributed by atoms with Crippen molar-refractivity contribution in [3.63, 3.8) is 0 Å². The number of hydrogen-bond donors (Lipinski definition) is 0. The van der Waals surface area contributed by atoms with Crippen molar-refractivity contribution in [2.75, 3.05) is 0 Å². The zero-order valence-corrected chi connectivity index (χ0v) is 47.6. The van der Waals surface area contributed by atoms with E-state index in [0.717, 1.165) is 94.8 Å². The van der Waals surface area contributed by atoms with Gasteiger partial charge in [-0.15, -0.1) is 23.7 Å². The fourth-order valence-corrected chi connectivity index (χ4v) is 9.63. The molecule has 0 spiro atoms. The van der Waals surface area contributed by atoms with Gasteiger partial charge < -0.3 is 0 Å². The maximum absolute atomic E-state index is 5.50. The maximum Gasteiger partial charge on any atom is 0.0665 e. The van der Waals surface area contributed by atoms with E-state index in [0.29, 0.717) is 0 Å². The number of benzene rings is 2. The van der Waals surface area contributed by atoms with Gasteiger partial charge in [-0.3, -0.25) is 9.98 Å². The van der Waals surface area contributed by atoms with Crippen LogP contribution in [0.5, 0.6) is 0 Å². The second-order valence-electron chi connectivity index (χ2n) is 20.7. The van der Waals surface area contributed by atoms with Crippen molar-refractivity contribution in [1.82, 2.24) is 0 Å². The minimum absolute atomic E-state index is 0. The van der Waals surface area contributed by atoms with Gasteiger partial charge >= 0.3 is 0 Å². The predicted octanol–water partition coefficient (Wildman–Crippen LogP) is 22.5. The van der Waals surface area contributed by atoms with Gasteiger partial charge in [-0.1, -0.05) is 263 Å². The molecule has 0 saturated heterocycles. The molecule has 0 bridgehead atoms. The van der Waals surface area contributed by atoms with Gasteiger partial charge in [0, 0.05) is 42.2 Å². The monoisotopic (exact) mass is 1000 g/mol. The molecule has 0 unspecified atom stereocenters. The summed E-state index contributed by atoms with van der Waals surface area (Å²) in [5, 5.41) is 0. The molecule has 0 radical (unpaired) electrons. The number of para-hydroxylation sites is 2. The molecule has 2 rings (SSSR count). The Balaban J connectivity index is 0.0000245. The Bertz CT molecular complexity index is 1650. The van der Waals surface area contributed by atoms with E-state index in [-0.39, 0.29) is 16.5 Å². The van der Waals surface area contributed by atoms with Gasteiger partial charge in [0.2, 0.25) is 0 Å². The summed E-state index contributed by atoms with van der Waals surface area (Å²) in [5.74, 6) is 14.0. The first-order chi connectivity index (χ1) is 34.2. The largest absolute Gasteiger partial charge is 0.251 e. The molecular formula is C67H110N2Ni. The Morgan fingerprint density at radius 3 is 0.886 bits per heavy atom. The van der Waals surface area contributed by atoms with Crippen LogP contribution in [0, 0.1) is 23.7 Å². The summed E-state index contributed by atoms with van der Waals surface area (Å²) in [6, 6.07) is 17.7. The third-order valence-corrected chi connectivity index (χ3v) is 14.2. The number of aliphatic imine (C=N–C) groups is 2. The molecule has 398 valence electrons. The number of nitrogens with zero attached hydrogens (tertiary/aromatic N) is 2. The van der Waals surface area contributed by atoms with Crippen molar-refractivity contribution in [2.24, 2.45) is 9.98 Å². The van der Waals surface area contributed by atoms with E-state index >= 15 is 0 Å². The number of aryl methyl sites for hydroxylation is 2. The van der Waals surface area contributed by atoms with Crippen LogP contribution in [0.25, 0.3) is 0 Å². The molecule has 0 aliphatic heterocycles. The Morgan fingerprint density at radius 2 is 0.557 bits per heavy atom. The van der Waals surface area contributed by atoms with Crippen LogP contribution >= 0.6 is 0 Å². The Kier molecular flexibility index (Phi) is 47.9. The van der Waals surface area contributed by atoms with Gasteiger partial charge in [0.1, 0.15) is 0 Å². The van der Waals surface area contributed by atoms with E-state index in [9.17, 15) is 0 Å². The number of hydrogen-bond acceptors (Lipinski definition) is 2. The summed E-state index contributed by atoms with van der Waals surface area (Å²) in [4.78, 5) is 11.0. The van der Waals surface area contributed by atoms with Gasteiger partial charge in [0.15, 0.2) is 0 Å². The van der Waals surface area contributed by atoms with Crippen molar-refractivity contribution in [3.8, 4) is 23.7 Å². The molecule has 0 aliphatic carbocycles. The molecule has 70 heavy (non-hydrogen) atoms. The fourth-order valence-electron chi connectivity index (χ4n) is 9.63. The molecule has 0 atom stereocenters. The zero-order chi connectivity index (χ0) is 49.2. The first kappa shape index (κ1) is 65.4. The molecule has 2 aromatic carbocycles. The van der Waals surface area contributed by atoms with Gasteiger partial charge in [0.25, 0.3) is 0 Å². The molecule has 2 aromatic rings.